The zero-order valence-corrected chi connectivity index (χ0v) is 16.1. The van der Waals surface area contributed by atoms with Crippen LogP contribution in [0.1, 0.15) is 6.92 Å². The molecule has 0 aliphatic rings. The third-order valence-corrected chi connectivity index (χ3v) is 4.71. The van der Waals surface area contributed by atoms with Crippen LogP contribution in [0.3, 0.4) is 0 Å². The molecule has 0 saturated carbocycles. The molecule has 28 heavy (non-hydrogen) atoms. The van der Waals surface area contributed by atoms with Gasteiger partial charge >= 0.3 is 0 Å². The van der Waals surface area contributed by atoms with Gasteiger partial charge in [-0.25, -0.2) is 4.98 Å². The standard InChI is InChI=1S/C22H22N4O2/c1-14(27)13-26(2)22-18-7-5-4-6-17(18)21-20(23-22)12-19(24-25-21)15-8-10-16(28-3)11-9-15/h4-12,14,27H,13H2,1-3H3. The predicted octanol–water partition coefficient (Wildman–Crippen LogP) is 3.67. The van der Waals surface area contributed by atoms with Crippen molar-refractivity contribution in [2.75, 3.05) is 25.6 Å². The molecule has 2 aromatic carbocycles. The van der Waals surface area contributed by atoms with E-state index >= 15 is 0 Å². The molecule has 6 heteroatoms. The van der Waals surface area contributed by atoms with Gasteiger partial charge in [0.05, 0.1) is 24.4 Å². The Bertz CT molecular complexity index is 1130. The van der Waals surface area contributed by atoms with Gasteiger partial charge in [0, 0.05) is 29.9 Å². The molecule has 1 N–H and O–H groups in total. The first-order valence-electron chi connectivity index (χ1n) is 9.16. The van der Waals surface area contributed by atoms with Gasteiger partial charge in [-0.05, 0) is 37.3 Å². The molecule has 2 aromatic heterocycles. The van der Waals surface area contributed by atoms with Gasteiger partial charge < -0.3 is 14.7 Å². The molecule has 0 aliphatic heterocycles. The Morgan fingerprint density at radius 1 is 1.04 bits per heavy atom. The zero-order chi connectivity index (χ0) is 19.7. The lowest BCUT2D eigenvalue weighted by molar-refractivity contribution is 0.201. The van der Waals surface area contributed by atoms with Crippen molar-refractivity contribution in [2.45, 2.75) is 13.0 Å². The second-order valence-corrected chi connectivity index (χ2v) is 6.90. The van der Waals surface area contributed by atoms with Crippen LogP contribution in [-0.4, -0.2) is 47.1 Å². The SMILES string of the molecule is COc1ccc(-c2cc3nc(N(C)CC(C)O)c4ccccc4c3nn2)cc1. The maximum atomic E-state index is 9.80. The molecule has 0 aliphatic carbocycles. The highest BCUT2D eigenvalue weighted by Gasteiger charge is 2.15. The molecule has 142 valence electrons. The maximum absolute atomic E-state index is 9.80. The Labute approximate surface area is 163 Å². The number of methoxy groups -OCH3 is 1. The van der Waals surface area contributed by atoms with E-state index < -0.39 is 6.10 Å². The van der Waals surface area contributed by atoms with E-state index in [-0.39, 0.29) is 0 Å². The Balaban J connectivity index is 1.89. The van der Waals surface area contributed by atoms with E-state index in [2.05, 4.69) is 10.2 Å². The smallest absolute Gasteiger partial charge is 0.137 e. The maximum Gasteiger partial charge on any atom is 0.137 e. The van der Waals surface area contributed by atoms with Gasteiger partial charge in [0.15, 0.2) is 0 Å². The van der Waals surface area contributed by atoms with Crippen LogP contribution in [0.15, 0.2) is 54.6 Å². The first-order chi connectivity index (χ1) is 13.6. The fourth-order valence-electron chi connectivity index (χ4n) is 3.39. The van der Waals surface area contributed by atoms with Crippen LogP contribution in [0.2, 0.25) is 0 Å². The summed E-state index contributed by atoms with van der Waals surface area (Å²) in [7, 11) is 3.58. The van der Waals surface area contributed by atoms with Crippen molar-refractivity contribution in [3.8, 4) is 17.0 Å². The molecule has 0 radical (unpaired) electrons. The summed E-state index contributed by atoms with van der Waals surface area (Å²) in [6.07, 6.45) is -0.452. The summed E-state index contributed by atoms with van der Waals surface area (Å²) < 4.78 is 5.22. The molecule has 1 unspecified atom stereocenters. The van der Waals surface area contributed by atoms with Crippen molar-refractivity contribution in [1.82, 2.24) is 15.2 Å². The molecule has 0 fully saturated rings. The van der Waals surface area contributed by atoms with E-state index in [9.17, 15) is 5.11 Å². The minimum absolute atomic E-state index is 0.452. The van der Waals surface area contributed by atoms with E-state index in [0.29, 0.717) is 6.54 Å². The summed E-state index contributed by atoms with van der Waals surface area (Å²) in [5.41, 5.74) is 3.24. The highest BCUT2D eigenvalue weighted by atomic mass is 16.5. The summed E-state index contributed by atoms with van der Waals surface area (Å²) in [4.78, 5) is 6.84. The monoisotopic (exact) mass is 374 g/mol. The minimum Gasteiger partial charge on any atom is -0.497 e. The van der Waals surface area contributed by atoms with Gasteiger partial charge in [0.2, 0.25) is 0 Å². The molecule has 0 saturated heterocycles. The number of rotatable bonds is 5. The summed E-state index contributed by atoms with van der Waals surface area (Å²) in [6, 6.07) is 17.7. The highest BCUT2D eigenvalue weighted by molar-refractivity contribution is 6.08. The average molecular weight is 374 g/mol. The van der Waals surface area contributed by atoms with Gasteiger partial charge in [0.25, 0.3) is 0 Å². The molecule has 1 atom stereocenters. The van der Waals surface area contributed by atoms with E-state index in [1.165, 1.54) is 0 Å². The van der Waals surface area contributed by atoms with Gasteiger partial charge in [-0.1, -0.05) is 24.3 Å². The quantitative estimate of drug-likeness (QED) is 0.538. The number of pyridine rings is 1. The summed E-state index contributed by atoms with van der Waals surface area (Å²) >= 11 is 0. The van der Waals surface area contributed by atoms with Crippen LogP contribution in [-0.2, 0) is 0 Å². The molecule has 6 nitrogen and oxygen atoms in total. The number of ether oxygens (including phenoxy) is 1. The van der Waals surface area contributed by atoms with Crippen molar-refractivity contribution in [3.63, 3.8) is 0 Å². The molecule has 4 rings (SSSR count). The Morgan fingerprint density at radius 2 is 1.75 bits per heavy atom. The van der Waals surface area contributed by atoms with E-state index in [1.54, 1.807) is 14.0 Å². The molecule has 0 spiro atoms. The lowest BCUT2D eigenvalue weighted by Crippen LogP contribution is -2.27. The number of aliphatic hydroxyl groups excluding tert-OH is 1. The predicted molar refractivity (Wildman–Crippen MR) is 112 cm³/mol. The number of nitrogens with zero attached hydrogens (tertiary/aromatic N) is 4. The van der Waals surface area contributed by atoms with Crippen LogP contribution in [0.4, 0.5) is 5.82 Å². The largest absolute Gasteiger partial charge is 0.497 e. The van der Waals surface area contributed by atoms with Crippen molar-refractivity contribution >= 4 is 27.6 Å². The zero-order valence-electron chi connectivity index (χ0n) is 16.1. The molecular weight excluding hydrogens is 352 g/mol. The van der Waals surface area contributed by atoms with Gasteiger partial charge in [-0.3, -0.25) is 0 Å². The van der Waals surface area contributed by atoms with Gasteiger partial charge in [0.1, 0.15) is 17.1 Å². The average Bonchev–Trinajstić information content (AvgIpc) is 2.72. The number of hydrogen-bond donors (Lipinski definition) is 1. The molecule has 0 bridgehead atoms. The first-order valence-corrected chi connectivity index (χ1v) is 9.16. The van der Waals surface area contributed by atoms with Crippen molar-refractivity contribution < 1.29 is 9.84 Å². The van der Waals surface area contributed by atoms with E-state index in [4.69, 9.17) is 9.72 Å². The first kappa shape index (κ1) is 18.1. The van der Waals surface area contributed by atoms with E-state index in [1.807, 2.05) is 66.5 Å². The second-order valence-electron chi connectivity index (χ2n) is 6.90. The molecule has 4 aromatic rings. The lowest BCUT2D eigenvalue weighted by atomic mass is 10.1. The summed E-state index contributed by atoms with van der Waals surface area (Å²) in [5, 5.41) is 20.7. The highest BCUT2D eigenvalue weighted by Crippen LogP contribution is 2.31. The van der Waals surface area contributed by atoms with Crippen molar-refractivity contribution in [1.29, 1.82) is 0 Å². The number of aromatic nitrogens is 3. The minimum atomic E-state index is -0.452. The molecule has 2 heterocycles. The third-order valence-electron chi connectivity index (χ3n) is 4.71. The summed E-state index contributed by atoms with van der Waals surface area (Å²) in [5.74, 6) is 1.61. The molecule has 0 amide bonds. The Hall–Kier alpha value is -3.25. The topological polar surface area (TPSA) is 71.4 Å². The van der Waals surface area contributed by atoms with Crippen LogP contribution < -0.4 is 9.64 Å². The van der Waals surface area contributed by atoms with Crippen LogP contribution in [0.25, 0.3) is 33.1 Å². The van der Waals surface area contributed by atoms with Crippen LogP contribution in [0.5, 0.6) is 5.75 Å². The number of anilines is 1. The normalized spacial score (nSPS) is 12.3. The van der Waals surface area contributed by atoms with Crippen molar-refractivity contribution in [3.05, 3.63) is 54.6 Å². The number of aliphatic hydroxyl groups is 1. The second kappa shape index (κ2) is 7.40. The lowest BCUT2D eigenvalue weighted by Gasteiger charge is -2.22. The van der Waals surface area contributed by atoms with E-state index in [0.717, 1.165) is 44.6 Å². The van der Waals surface area contributed by atoms with Gasteiger partial charge in [-0.15, -0.1) is 10.2 Å². The Kier molecular flexibility index (Phi) is 4.79. The fraction of sp³-hybridized carbons (Fsp3) is 0.227. The van der Waals surface area contributed by atoms with Crippen molar-refractivity contribution in [2.24, 2.45) is 0 Å². The van der Waals surface area contributed by atoms with Crippen LogP contribution in [0, 0.1) is 0 Å². The fourth-order valence-corrected chi connectivity index (χ4v) is 3.39. The Morgan fingerprint density at radius 3 is 2.43 bits per heavy atom. The molecular formula is C22H22N4O2. The number of hydrogen-bond acceptors (Lipinski definition) is 6. The third kappa shape index (κ3) is 3.34. The number of benzene rings is 2. The number of likely N-dealkylation sites (N-methyl/N-ethyl adjacent to an activating group) is 1. The number of fused-ring (bicyclic) bond motifs is 3. The van der Waals surface area contributed by atoms with Crippen LogP contribution >= 0.6 is 0 Å². The van der Waals surface area contributed by atoms with Gasteiger partial charge in [-0.2, -0.15) is 0 Å². The summed E-state index contributed by atoms with van der Waals surface area (Å²) in [6.45, 7) is 2.26.